The third-order valence-electron chi connectivity index (χ3n) is 4.90. The number of rotatable bonds is 4. The Morgan fingerprint density at radius 1 is 0.815 bits per heavy atom. The summed E-state index contributed by atoms with van der Waals surface area (Å²) in [6.45, 7) is 4.95. The molecular weight excluding hydrogens is 344 g/mol. The third kappa shape index (κ3) is 3.47. The Morgan fingerprint density at radius 2 is 1.41 bits per heavy atom. The zero-order chi connectivity index (χ0) is 19.0. The molecule has 0 bridgehead atoms. The lowest BCUT2D eigenvalue weighted by Gasteiger charge is -2.20. The molecule has 0 saturated heterocycles. The molecule has 0 spiro atoms. The van der Waals surface area contributed by atoms with E-state index in [0.717, 1.165) is 16.8 Å². The number of benzene rings is 2. The van der Waals surface area contributed by atoms with Crippen LogP contribution in [-0.2, 0) is 9.59 Å². The van der Waals surface area contributed by atoms with Crippen LogP contribution in [0.2, 0.25) is 0 Å². The number of anilines is 2. The van der Waals surface area contributed by atoms with E-state index in [9.17, 15) is 9.59 Å². The Labute approximate surface area is 157 Å². The molecule has 1 aliphatic carbocycles. The van der Waals surface area contributed by atoms with Gasteiger partial charge in [-0.05, 0) is 62.1 Å². The largest absolute Gasteiger partial charge is 0.486 e. The van der Waals surface area contributed by atoms with Crippen LogP contribution >= 0.6 is 0 Å². The number of carbonyl (C=O) groups is 2. The molecule has 0 unspecified atom stereocenters. The topological polar surface area (TPSA) is 76.7 Å². The maximum atomic E-state index is 12.8. The van der Waals surface area contributed by atoms with Crippen molar-refractivity contribution in [3.8, 4) is 11.5 Å². The zero-order valence-corrected chi connectivity index (χ0v) is 15.4. The van der Waals surface area contributed by atoms with Crippen molar-refractivity contribution in [2.24, 2.45) is 5.41 Å². The van der Waals surface area contributed by atoms with Gasteiger partial charge in [-0.15, -0.1) is 0 Å². The van der Waals surface area contributed by atoms with Crippen LogP contribution in [0.25, 0.3) is 0 Å². The SMILES string of the molecule is Cc1cc(C)cc(NC(=O)C2(C(=O)Nc3ccc4c(c3)OCCO4)CC2)c1. The van der Waals surface area contributed by atoms with Crippen LogP contribution in [0.5, 0.6) is 11.5 Å². The smallest absolute Gasteiger partial charge is 0.240 e. The second kappa shape index (κ2) is 6.61. The first kappa shape index (κ1) is 17.4. The Balaban J connectivity index is 1.47. The highest BCUT2D eigenvalue weighted by Crippen LogP contribution is 2.48. The van der Waals surface area contributed by atoms with E-state index in [1.165, 1.54) is 0 Å². The molecule has 0 aromatic heterocycles. The Hall–Kier alpha value is -3.02. The summed E-state index contributed by atoms with van der Waals surface area (Å²) in [6.07, 6.45) is 1.08. The van der Waals surface area contributed by atoms with Gasteiger partial charge in [0, 0.05) is 17.4 Å². The zero-order valence-electron chi connectivity index (χ0n) is 15.4. The van der Waals surface area contributed by atoms with E-state index in [-0.39, 0.29) is 11.8 Å². The molecule has 140 valence electrons. The van der Waals surface area contributed by atoms with Gasteiger partial charge in [0.15, 0.2) is 11.5 Å². The lowest BCUT2D eigenvalue weighted by molar-refractivity contribution is -0.131. The minimum Gasteiger partial charge on any atom is -0.486 e. The quantitative estimate of drug-likeness (QED) is 0.813. The van der Waals surface area contributed by atoms with Crippen LogP contribution in [0.4, 0.5) is 11.4 Å². The summed E-state index contributed by atoms with van der Waals surface area (Å²) in [6, 6.07) is 11.1. The van der Waals surface area contributed by atoms with E-state index in [1.54, 1.807) is 18.2 Å². The molecule has 2 N–H and O–H groups in total. The van der Waals surface area contributed by atoms with Crippen molar-refractivity contribution in [1.82, 2.24) is 0 Å². The van der Waals surface area contributed by atoms with Crippen molar-refractivity contribution in [3.05, 3.63) is 47.5 Å². The Morgan fingerprint density at radius 3 is 2.04 bits per heavy atom. The molecule has 2 aliphatic rings. The summed E-state index contributed by atoms with van der Waals surface area (Å²) >= 11 is 0. The molecule has 1 fully saturated rings. The molecule has 4 rings (SSSR count). The summed E-state index contributed by atoms with van der Waals surface area (Å²) in [5.74, 6) is 0.708. The molecule has 0 radical (unpaired) electrons. The summed E-state index contributed by atoms with van der Waals surface area (Å²) in [5, 5.41) is 5.75. The number of ether oxygens (including phenoxy) is 2. The number of amides is 2. The maximum absolute atomic E-state index is 12.8. The van der Waals surface area contributed by atoms with Gasteiger partial charge in [-0.1, -0.05) is 6.07 Å². The van der Waals surface area contributed by atoms with E-state index in [1.807, 2.05) is 32.0 Å². The molecule has 6 heteroatoms. The summed E-state index contributed by atoms with van der Waals surface area (Å²) in [4.78, 5) is 25.6. The van der Waals surface area contributed by atoms with Crippen molar-refractivity contribution in [1.29, 1.82) is 0 Å². The van der Waals surface area contributed by atoms with Gasteiger partial charge >= 0.3 is 0 Å². The van der Waals surface area contributed by atoms with Crippen LogP contribution in [-0.4, -0.2) is 25.0 Å². The number of hydrogen-bond donors (Lipinski definition) is 2. The highest BCUT2D eigenvalue weighted by atomic mass is 16.6. The van der Waals surface area contributed by atoms with E-state index in [4.69, 9.17) is 9.47 Å². The minimum atomic E-state index is -1.01. The minimum absolute atomic E-state index is 0.262. The number of fused-ring (bicyclic) bond motifs is 1. The monoisotopic (exact) mass is 366 g/mol. The fraction of sp³-hybridized carbons (Fsp3) is 0.333. The lowest BCUT2D eigenvalue weighted by atomic mass is 10.0. The Bertz CT molecular complexity index is 898. The molecule has 6 nitrogen and oxygen atoms in total. The fourth-order valence-corrected chi connectivity index (χ4v) is 3.35. The molecule has 1 saturated carbocycles. The van der Waals surface area contributed by atoms with E-state index in [2.05, 4.69) is 10.6 Å². The molecular formula is C21H22N2O4. The van der Waals surface area contributed by atoms with Crippen LogP contribution < -0.4 is 20.1 Å². The van der Waals surface area contributed by atoms with Gasteiger partial charge in [0.25, 0.3) is 0 Å². The van der Waals surface area contributed by atoms with E-state index in [0.29, 0.717) is 43.2 Å². The maximum Gasteiger partial charge on any atom is 0.240 e. The van der Waals surface area contributed by atoms with Crippen molar-refractivity contribution in [3.63, 3.8) is 0 Å². The number of nitrogens with one attached hydrogen (secondary N) is 2. The van der Waals surface area contributed by atoms with Crippen LogP contribution in [0.1, 0.15) is 24.0 Å². The predicted octanol–water partition coefficient (Wildman–Crippen LogP) is 3.43. The van der Waals surface area contributed by atoms with Crippen LogP contribution in [0, 0.1) is 19.3 Å². The summed E-state index contributed by atoms with van der Waals surface area (Å²) in [7, 11) is 0. The lowest BCUT2D eigenvalue weighted by Crippen LogP contribution is -2.35. The van der Waals surface area contributed by atoms with E-state index >= 15 is 0 Å². The fourth-order valence-electron chi connectivity index (χ4n) is 3.35. The second-order valence-corrected chi connectivity index (χ2v) is 7.23. The first-order chi connectivity index (χ1) is 13.0. The molecule has 1 aliphatic heterocycles. The van der Waals surface area contributed by atoms with Gasteiger partial charge < -0.3 is 20.1 Å². The average molecular weight is 366 g/mol. The van der Waals surface area contributed by atoms with Crippen LogP contribution in [0.3, 0.4) is 0 Å². The van der Waals surface area contributed by atoms with Gasteiger partial charge in [0.2, 0.25) is 11.8 Å². The van der Waals surface area contributed by atoms with Crippen LogP contribution in [0.15, 0.2) is 36.4 Å². The molecule has 0 atom stereocenters. The number of hydrogen-bond acceptors (Lipinski definition) is 4. The predicted molar refractivity (Wildman–Crippen MR) is 102 cm³/mol. The molecule has 2 aromatic carbocycles. The highest BCUT2D eigenvalue weighted by molar-refractivity contribution is 6.17. The summed E-state index contributed by atoms with van der Waals surface area (Å²) < 4.78 is 11.0. The number of carbonyl (C=O) groups excluding carboxylic acids is 2. The standard InChI is InChI=1S/C21H22N2O4/c1-13-9-14(2)11-16(10-13)23-20(25)21(5-6-21)19(24)22-15-3-4-17-18(12-15)27-8-7-26-17/h3-4,9-12H,5-8H2,1-2H3,(H,22,24)(H,23,25). The van der Waals surface area contributed by atoms with Crippen molar-refractivity contribution < 1.29 is 19.1 Å². The van der Waals surface area contributed by atoms with Crippen molar-refractivity contribution in [2.45, 2.75) is 26.7 Å². The van der Waals surface area contributed by atoms with Gasteiger partial charge in [0.05, 0.1) is 0 Å². The first-order valence-corrected chi connectivity index (χ1v) is 9.07. The average Bonchev–Trinajstić information content (AvgIpc) is 3.43. The molecule has 27 heavy (non-hydrogen) atoms. The Kier molecular flexibility index (Phi) is 4.26. The number of aryl methyl sites for hydroxylation is 2. The van der Waals surface area contributed by atoms with Gasteiger partial charge in [0.1, 0.15) is 18.6 Å². The molecule has 2 aromatic rings. The second-order valence-electron chi connectivity index (χ2n) is 7.23. The normalized spacial score (nSPS) is 16.4. The van der Waals surface area contributed by atoms with Crippen molar-refractivity contribution >= 4 is 23.2 Å². The molecule has 1 heterocycles. The van der Waals surface area contributed by atoms with Gasteiger partial charge in [-0.3, -0.25) is 9.59 Å². The van der Waals surface area contributed by atoms with E-state index < -0.39 is 5.41 Å². The summed E-state index contributed by atoms with van der Waals surface area (Å²) in [5.41, 5.74) is 2.43. The van der Waals surface area contributed by atoms with Crippen molar-refractivity contribution in [2.75, 3.05) is 23.8 Å². The van der Waals surface area contributed by atoms with Gasteiger partial charge in [-0.25, -0.2) is 0 Å². The van der Waals surface area contributed by atoms with Gasteiger partial charge in [-0.2, -0.15) is 0 Å². The highest BCUT2D eigenvalue weighted by Gasteiger charge is 2.56. The third-order valence-corrected chi connectivity index (χ3v) is 4.90. The molecule has 2 amide bonds. The first-order valence-electron chi connectivity index (χ1n) is 9.07.